The van der Waals surface area contributed by atoms with E-state index < -0.39 is 8.32 Å². The van der Waals surface area contributed by atoms with Gasteiger partial charge >= 0.3 is 0 Å². The van der Waals surface area contributed by atoms with Gasteiger partial charge in [-0.25, -0.2) is 0 Å². The van der Waals surface area contributed by atoms with E-state index in [0.29, 0.717) is 24.0 Å². The Morgan fingerprint density at radius 2 is 1.74 bits per heavy atom. The second-order valence-electron chi connectivity index (χ2n) is 15.4. The van der Waals surface area contributed by atoms with Crippen molar-refractivity contribution in [1.82, 2.24) is 0 Å². The zero-order valence-corrected chi connectivity index (χ0v) is 26.9. The van der Waals surface area contributed by atoms with E-state index in [2.05, 4.69) is 53.8 Å². The minimum atomic E-state index is -1.71. The maximum Gasteiger partial charge on any atom is 0.192 e. The van der Waals surface area contributed by atoms with Crippen molar-refractivity contribution in [3.63, 3.8) is 0 Å². The first-order valence-corrected chi connectivity index (χ1v) is 18.8. The summed E-state index contributed by atoms with van der Waals surface area (Å²) in [5.74, 6) is 3.01. The zero-order valence-electron chi connectivity index (χ0n) is 25.9. The van der Waals surface area contributed by atoms with Crippen molar-refractivity contribution in [2.75, 3.05) is 26.4 Å². The number of aliphatic hydroxyl groups is 1. The van der Waals surface area contributed by atoms with Crippen molar-refractivity contribution in [2.45, 2.75) is 122 Å². The van der Waals surface area contributed by atoms with Gasteiger partial charge in [0.25, 0.3) is 0 Å². The van der Waals surface area contributed by atoms with E-state index in [4.69, 9.17) is 18.3 Å². The fourth-order valence-electron chi connectivity index (χ4n) is 9.61. The van der Waals surface area contributed by atoms with Crippen LogP contribution in [0.25, 0.3) is 0 Å². The van der Waals surface area contributed by atoms with Gasteiger partial charge in [0.2, 0.25) is 0 Å². The van der Waals surface area contributed by atoms with Gasteiger partial charge in [-0.05, 0) is 111 Å². The van der Waals surface area contributed by atoms with E-state index in [1.54, 1.807) is 6.26 Å². The smallest absolute Gasteiger partial charge is 0.192 e. The fraction of sp³-hybridized carbons (Fsp3) is 0.879. The van der Waals surface area contributed by atoms with Gasteiger partial charge in [-0.3, -0.25) is 0 Å². The minimum absolute atomic E-state index is 0.0673. The normalized spacial score (nSPS) is 40.7. The first-order chi connectivity index (χ1) is 18.4. The number of hydrogen-bond acceptors (Lipinski definition) is 5. The number of ether oxygens (including phenoxy) is 2. The van der Waals surface area contributed by atoms with E-state index in [9.17, 15) is 5.11 Å². The van der Waals surface area contributed by atoms with Crippen LogP contribution in [-0.2, 0) is 19.5 Å². The summed E-state index contributed by atoms with van der Waals surface area (Å²) in [5.41, 5.74) is 1.35. The van der Waals surface area contributed by atoms with Gasteiger partial charge in [-0.15, -0.1) is 0 Å². The standard InChI is InChI=1S/C33H56O5Si/c1-30(2,3)39(6,7)38-21-20-36-26-10-14-31(4)24(22-26)8-9-27-28(31)11-15-32(5)29(27)12-16-33(32,37-19-17-34)25-13-18-35-23-25/h13,18,23-24,26-29,34H,8-12,14-17,19-22H2,1-7H3/t24?,26?,27-,28-,29+,31+,32+,33?/m1/s1. The lowest BCUT2D eigenvalue weighted by molar-refractivity contribution is -0.186. The predicted octanol–water partition coefficient (Wildman–Crippen LogP) is 7.93. The summed E-state index contributed by atoms with van der Waals surface area (Å²) in [4.78, 5) is 0. The Morgan fingerprint density at radius 1 is 0.974 bits per heavy atom. The quantitative estimate of drug-likeness (QED) is 0.245. The summed E-state index contributed by atoms with van der Waals surface area (Å²) in [6.07, 6.45) is 15.2. The Morgan fingerprint density at radius 3 is 2.44 bits per heavy atom. The van der Waals surface area contributed by atoms with E-state index >= 15 is 0 Å². The molecule has 39 heavy (non-hydrogen) atoms. The fourth-order valence-corrected chi connectivity index (χ4v) is 10.6. The van der Waals surface area contributed by atoms with Crippen LogP contribution < -0.4 is 0 Å². The lowest BCUT2D eigenvalue weighted by Crippen LogP contribution is -2.56. The number of rotatable bonds is 9. The van der Waals surface area contributed by atoms with Crippen LogP contribution in [0, 0.1) is 34.5 Å². The molecule has 5 nitrogen and oxygen atoms in total. The largest absolute Gasteiger partial charge is 0.472 e. The van der Waals surface area contributed by atoms with Crippen LogP contribution in [0.4, 0.5) is 0 Å². The molecule has 4 aliphatic carbocycles. The van der Waals surface area contributed by atoms with Crippen LogP contribution in [0.15, 0.2) is 23.0 Å². The molecule has 222 valence electrons. The molecule has 0 radical (unpaired) electrons. The van der Waals surface area contributed by atoms with Crippen LogP contribution in [0.5, 0.6) is 0 Å². The molecule has 1 aromatic rings. The van der Waals surface area contributed by atoms with Gasteiger partial charge in [-0.1, -0.05) is 34.6 Å². The van der Waals surface area contributed by atoms with Crippen LogP contribution >= 0.6 is 0 Å². The van der Waals surface area contributed by atoms with Crippen LogP contribution in [0.3, 0.4) is 0 Å². The third kappa shape index (κ3) is 5.02. The highest BCUT2D eigenvalue weighted by atomic mass is 28.4. The van der Waals surface area contributed by atoms with Crippen molar-refractivity contribution in [1.29, 1.82) is 0 Å². The second-order valence-corrected chi connectivity index (χ2v) is 20.2. The topological polar surface area (TPSA) is 61.1 Å². The molecule has 0 bridgehead atoms. The molecule has 0 aliphatic heterocycles. The lowest BCUT2D eigenvalue weighted by atomic mass is 9.44. The van der Waals surface area contributed by atoms with Gasteiger partial charge in [0.15, 0.2) is 8.32 Å². The zero-order chi connectivity index (χ0) is 28.1. The van der Waals surface area contributed by atoms with E-state index in [0.717, 1.165) is 37.4 Å². The Hall–Kier alpha value is -0.663. The van der Waals surface area contributed by atoms with Crippen LogP contribution in [-0.4, -0.2) is 46.0 Å². The molecular formula is C33H56O5Si. The number of fused-ring (bicyclic) bond motifs is 5. The molecule has 4 aliphatic rings. The summed E-state index contributed by atoms with van der Waals surface area (Å²) in [7, 11) is -1.71. The van der Waals surface area contributed by atoms with Crippen LogP contribution in [0.2, 0.25) is 18.1 Å². The molecule has 4 saturated carbocycles. The van der Waals surface area contributed by atoms with E-state index in [1.165, 1.54) is 56.9 Å². The number of furan rings is 1. The molecule has 6 heteroatoms. The molecule has 0 amide bonds. The van der Waals surface area contributed by atoms with E-state index in [-0.39, 0.29) is 22.7 Å². The Labute approximate surface area is 238 Å². The summed E-state index contributed by atoms with van der Waals surface area (Å²) < 4.78 is 25.0. The second kappa shape index (κ2) is 10.9. The van der Waals surface area contributed by atoms with Crippen molar-refractivity contribution in [2.24, 2.45) is 34.5 Å². The monoisotopic (exact) mass is 560 g/mol. The molecule has 5 rings (SSSR count). The predicted molar refractivity (Wildman–Crippen MR) is 158 cm³/mol. The maximum atomic E-state index is 9.66. The summed E-state index contributed by atoms with van der Waals surface area (Å²) >= 11 is 0. The molecule has 0 saturated heterocycles. The average Bonchev–Trinajstić information content (AvgIpc) is 3.51. The highest BCUT2D eigenvalue weighted by Gasteiger charge is 2.66. The maximum absolute atomic E-state index is 9.66. The van der Waals surface area contributed by atoms with Crippen molar-refractivity contribution in [3.8, 4) is 0 Å². The van der Waals surface area contributed by atoms with Crippen molar-refractivity contribution in [3.05, 3.63) is 24.2 Å². The molecule has 3 unspecified atom stereocenters. The molecule has 1 N–H and O–H groups in total. The molecule has 4 fully saturated rings. The average molecular weight is 561 g/mol. The summed E-state index contributed by atoms with van der Waals surface area (Å²) in [5, 5.41) is 9.91. The summed E-state index contributed by atoms with van der Waals surface area (Å²) in [6.45, 7) is 18.6. The molecule has 8 atom stereocenters. The lowest BCUT2D eigenvalue weighted by Gasteiger charge is -2.62. The van der Waals surface area contributed by atoms with Gasteiger partial charge in [0.1, 0.15) is 5.60 Å². The summed E-state index contributed by atoms with van der Waals surface area (Å²) in [6, 6.07) is 2.11. The van der Waals surface area contributed by atoms with Gasteiger partial charge < -0.3 is 23.4 Å². The molecule has 1 aromatic heterocycles. The third-order valence-corrected chi connectivity index (χ3v) is 17.4. The van der Waals surface area contributed by atoms with E-state index in [1.807, 2.05) is 6.26 Å². The Balaban J connectivity index is 1.23. The molecular weight excluding hydrogens is 504 g/mol. The van der Waals surface area contributed by atoms with Crippen molar-refractivity contribution < 1.29 is 23.4 Å². The van der Waals surface area contributed by atoms with Gasteiger partial charge in [0, 0.05) is 11.0 Å². The number of aliphatic hydroxyl groups excluding tert-OH is 1. The molecule has 0 aromatic carbocycles. The van der Waals surface area contributed by atoms with Crippen LogP contribution in [0.1, 0.15) is 98.0 Å². The molecule has 0 spiro atoms. The SMILES string of the molecule is CC(C)(C)[Si](C)(C)OCCOC1CC[C@@]2(C)C(CC[C@@H]3[C@H]2CC[C@@]2(C)[C@H]3CCC2(OCCO)c2ccoc2)C1. The Bertz CT molecular complexity index is 956. The van der Waals surface area contributed by atoms with Gasteiger partial charge in [-0.2, -0.15) is 0 Å². The highest BCUT2D eigenvalue weighted by Crippen LogP contribution is 2.71. The third-order valence-electron chi connectivity index (χ3n) is 12.9. The van der Waals surface area contributed by atoms with Gasteiger partial charge in [0.05, 0.1) is 45.1 Å². The minimum Gasteiger partial charge on any atom is -0.472 e. The Kier molecular flexibility index (Phi) is 8.31. The highest BCUT2D eigenvalue weighted by molar-refractivity contribution is 6.74. The molecule has 1 heterocycles. The first-order valence-electron chi connectivity index (χ1n) is 15.9. The number of hydrogen-bond donors (Lipinski definition) is 1. The first kappa shape index (κ1) is 29.8. The van der Waals surface area contributed by atoms with Crippen molar-refractivity contribution >= 4 is 8.32 Å².